The molecule has 9 heteroatoms. The van der Waals surface area contributed by atoms with Crippen molar-refractivity contribution in [1.82, 2.24) is 0 Å². The van der Waals surface area contributed by atoms with Gasteiger partial charge < -0.3 is 4.74 Å². The summed E-state index contributed by atoms with van der Waals surface area (Å²) >= 11 is 0. The number of hydrogen-bond donors (Lipinski definition) is 0. The van der Waals surface area contributed by atoms with Crippen molar-refractivity contribution in [1.29, 1.82) is 0 Å². The molecule has 2 aromatic carbocycles. The normalized spacial score (nSPS) is 13.1. The highest BCUT2D eigenvalue weighted by atomic mass is 16.6. The predicted molar refractivity (Wildman–Crippen MR) is 67.0 cm³/mol. The standard InChI is InChI=1S/C12H4N2O7/c15-11-8-3-6(13(17)18)1-5-2-7(14(19)20)4-9(10(5)8)12(16)21-11/h1-4H. The number of rotatable bonds is 2. The van der Waals surface area contributed by atoms with Crippen LogP contribution in [0.5, 0.6) is 0 Å². The molecule has 0 aliphatic carbocycles. The molecule has 9 nitrogen and oxygen atoms in total. The van der Waals surface area contributed by atoms with Crippen LogP contribution in [-0.2, 0) is 4.74 Å². The van der Waals surface area contributed by atoms with E-state index in [-0.39, 0.29) is 21.9 Å². The van der Waals surface area contributed by atoms with Crippen molar-refractivity contribution in [3.63, 3.8) is 0 Å². The molecule has 0 amide bonds. The third-order valence-electron chi connectivity index (χ3n) is 3.07. The first kappa shape index (κ1) is 12.7. The molecule has 0 bridgehead atoms. The van der Waals surface area contributed by atoms with E-state index >= 15 is 0 Å². The molecule has 0 fully saturated rings. The summed E-state index contributed by atoms with van der Waals surface area (Å²) in [5.74, 6) is -2.04. The second-order valence-electron chi connectivity index (χ2n) is 4.28. The molecular weight excluding hydrogens is 284 g/mol. The summed E-state index contributed by atoms with van der Waals surface area (Å²) < 4.78 is 4.45. The van der Waals surface area contributed by atoms with Crippen molar-refractivity contribution in [2.75, 3.05) is 0 Å². The van der Waals surface area contributed by atoms with Gasteiger partial charge in [-0.25, -0.2) is 9.59 Å². The molecule has 2 aromatic rings. The Morgan fingerprint density at radius 2 is 1.24 bits per heavy atom. The van der Waals surface area contributed by atoms with Crippen LogP contribution in [0.4, 0.5) is 11.4 Å². The van der Waals surface area contributed by atoms with Crippen LogP contribution < -0.4 is 0 Å². The summed E-state index contributed by atoms with van der Waals surface area (Å²) in [6, 6.07) is 4.10. The number of cyclic esters (lactones) is 2. The molecular formula is C12H4N2O7. The zero-order valence-electron chi connectivity index (χ0n) is 10.1. The van der Waals surface area contributed by atoms with Gasteiger partial charge in [0.2, 0.25) is 0 Å². The molecule has 21 heavy (non-hydrogen) atoms. The molecule has 0 N–H and O–H groups in total. The van der Waals surface area contributed by atoms with E-state index in [4.69, 9.17) is 0 Å². The van der Waals surface area contributed by atoms with Gasteiger partial charge in [0.1, 0.15) is 0 Å². The lowest BCUT2D eigenvalue weighted by Gasteiger charge is -2.14. The molecule has 0 saturated heterocycles. The Kier molecular flexibility index (Phi) is 2.45. The van der Waals surface area contributed by atoms with Gasteiger partial charge in [0.25, 0.3) is 11.4 Å². The number of esters is 2. The second-order valence-corrected chi connectivity index (χ2v) is 4.28. The van der Waals surface area contributed by atoms with Crippen LogP contribution in [0.2, 0.25) is 0 Å². The molecule has 1 aliphatic rings. The van der Waals surface area contributed by atoms with Gasteiger partial charge in [-0.15, -0.1) is 0 Å². The molecule has 0 radical (unpaired) electrons. The maximum Gasteiger partial charge on any atom is 0.346 e. The third kappa shape index (κ3) is 1.79. The first-order valence-electron chi connectivity index (χ1n) is 5.55. The summed E-state index contributed by atoms with van der Waals surface area (Å²) in [4.78, 5) is 43.6. The average Bonchev–Trinajstić information content (AvgIpc) is 2.43. The van der Waals surface area contributed by atoms with E-state index < -0.39 is 33.2 Å². The van der Waals surface area contributed by atoms with Crippen LogP contribution in [0.25, 0.3) is 10.8 Å². The smallest absolute Gasteiger partial charge is 0.346 e. The van der Waals surface area contributed by atoms with Crippen LogP contribution >= 0.6 is 0 Å². The fraction of sp³-hybridized carbons (Fsp3) is 0. The molecule has 104 valence electrons. The quantitative estimate of drug-likeness (QED) is 0.357. The van der Waals surface area contributed by atoms with Gasteiger partial charge in [-0.05, 0) is 5.39 Å². The van der Waals surface area contributed by atoms with E-state index in [0.717, 1.165) is 24.3 Å². The number of non-ortho nitro benzene ring substituents is 2. The van der Waals surface area contributed by atoms with Crippen LogP contribution in [0.3, 0.4) is 0 Å². The van der Waals surface area contributed by atoms with Crippen molar-refractivity contribution in [3.8, 4) is 0 Å². The van der Waals surface area contributed by atoms with Crippen molar-refractivity contribution in [2.24, 2.45) is 0 Å². The summed E-state index contributed by atoms with van der Waals surface area (Å²) in [6.07, 6.45) is 0. The Balaban J connectivity index is 2.49. The molecule has 0 spiro atoms. The third-order valence-corrected chi connectivity index (χ3v) is 3.07. The average molecular weight is 288 g/mol. The number of carbonyl (C=O) groups is 2. The molecule has 3 rings (SSSR count). The number of nitro benzene ring substituents is 2. The lowest BCUT2D eigenvalue weighted by atomic mass is 9.96. The van der Waals surface area contributed by atoms with Crippen LogP contribution in [0.15, 0.2) is 24.3 Å². The van der Waals surface area contributed by atoms with E-state index in [9.17, 15) is 29.8 Å². The van der Waals surface area contributed by atoms with Crippen molar-refractivity contribution < 1.29 is 24.2 Å². The van der Waals surface area contributed by atoms with Gasteiger partial charge in [-0.1, -0.05) is 0 Å². The van der Waals surface area contributed by atoms with Crippen LogP contribution in [0.1, 0.15) is 20.7 Å². The zero-order chi connectivity index (χ0) is 15.3. The Labute approximate surface area is 115 Å². The van der Waals surface area contributed by atoms with E-state index in [0.29, 0.717) is 0 Å². The van der Waals surface area contributed by atoms with Crippen molar-refractivity contribution >= 4 is 34.1 Å². The minimum absolute atomic E-state index is 0.0633. The highest BCUT2D eigenvalue weighted by Crippen LogP contribution is 2.35. The zero-order valence-corrected chi connectivity index (χ0v) is 10.1. The van der Waals surface area contributed by atoms with Crippen molar-refractivity contribution in [2.45, 2.75) is 0 Å². The Morgan fingerprint density at radius 1 is 0.810 bits per heavy atom. The molecule has 0 atom stereocenters. The minimum atomic E-state index is -1.02. The topological polar surface area (TPSA) is 130 Å². The lowest BCUT2D eigenvalue weighted by molar-refractivity contribution is -0.385. The summed E-state index contributed by atoms with van der Waals surface area (Å²) in [5.41, 5.74) is -1.17. The van der Waals surface area contributed by atoms with Gasteiger partial charge in [0, 0.05) is 29.7 Å². The van der Waals surface area contributed by atoms with E-state index in [1.54, 1.807) is 0 Å². The highest BCUT2D eigenvalue weighted by Gasteiger charge is 2.31. The monoisotopic (exact) mass is 288 g/mol. The number of benzene rings is 2. The summed E-state index contributed by atoms with van der Waals surface area (Å²) in [7, 11) is 0. The fourth-order valence-electron chi connectivity index (χ4n) is 2.21. The first-order chi connectivity index (χ1) is 9.88. The fourth-order valence-corrected chi connectivity index (χ4v) is 2.21. The van der Waals surface area contributed by atoms with Gasteiger partial charge in [-0.2, -0.15) is 0 Å². The van der Waals surface area contributed by atoms with Gasteiger partial charge >= 0.3 is 11.9 Å². The lowest BCUT2D eigenvalue weighted by Crippen LogP contribution is -2.20. The predicted octanol–water partition coefficient (Wildman–Crippen LogP) is 1.97. The number of ether oxygens (including phenoxy) is 1. The molecule has 1 aliphatic heterocycles. The maximum absolute atomic E-state index is 11.7. The summed E-state index contributed by atoms with van der Waals surface area (Å²) in [5, 5.41) is 21.9. The van der Waals surface area contributed by atoms with Gasteiger partial charge in [-0.3, -0.25) is 20.2 Å². The second kappa shape index (κ2) is 4.07. The Hall–Kier alpha value is -3.36. The number of nitrogens with zero attached hydrogens (tertiary/aromatic N) is 2. The molecule has 0 saturated carbocycles. The number of nitro groups is 2. The Bertz CT molecular complexity index is 805. The van der Waals surface area contributed by atoms with Crippen molar-refractivity contribution in [3.05, 3.63) is 55.6 Å². The number of carbonyl (C=O) groups excluding carboxylic acids is 2. The number of hydrogen-bond acceptors (Lipinski definition) is 7. The molecule has 1 heterocycles. The largest absolute Gasteiger partial charge is 0.386 e. The van der Waals surface area contributed by atoms with E-state index in [1.807, 2.05) is 0 Å². The minimum Gasteiger partial charge on any atom is -0.386 e. The first-order valence-corrected chi connectivity index (χ1v) is 5.55. The van der Waals surface area contributed by atoms with Crippen LogP contribution in [0, 0.1) is 20.2 Å². The molecule has 0 aromatic heterocycles. The van der Waals surface area contributed by atoms with Crippen LogP contribution in [-0.4, -0.2) is 21.8 Å². The summed E-state index contributed by atoms with van der Waals surface area (Å²) in [6.45, 7) is 0. The Morgan fingerprint density at radius 3 is 1.62 bits per heavy atom. The van der Waals surface area contributed by atoms with E-state index in [2.05, 4.69) is 4.74 Å². The highest BCUT2D eigenvalue weighted by molar-refractivity contribution is 6.21. The van der Waals surface area contributed by atoms with E-state index in [1.165, 1.54) is 0 Å². The SMILES string of the molecule is O=C1OC(=O)c2cc([N+](=O)[O-])cc3cc([N+](=O)[O-])cc1c23. The molecule has 0 unspecified atom stereocenters. The maximum atomic E-state index is 11.7. The van der Waals surface area contributed by atoms with Gasteiger partial charge in [0.05, 0.1) is 21.0 Å². The van der Waals surface area contributed by atoms with Gasteiger partial charge in [0.15, 0.2) is 0 Å².